The van der Waals surface area contributed by atoms with E-state index in [2.05, 4.69) is 10.4 Å². The summed E-state index contributed by atoms with van der Waals surface area (Å²) in [6.45, 7) is 2.37. The monoisotopic (exact) mass is 184 g/mol. The van der Waals surface area contributed by atoms with Gasteiger partial charge in [-0.2, -0.15) is 0 Å². The molecule has 0 saturated heterocycles. The van der Waals surface area contributed by atoms with Crippen LogP contribution in [0, 0.1) is 0 Å². The van der Waals surface area contributed by atoms with Gasteiger partial charge in [0.1, 0.15) is 6.61 Å². The summed E-state index contributed by atoms with van der Waals surface area (Å²) in [5, 5.41) is 7.94. The second-order valence-corrected chi connectivity index (χ2v) is 2.51. The van der Waals surface area contributed by atoms with Crippen molar-refractivity contribution in [1.29, 1.82) is 0 Å². The largest absolute Gasteiger partial charge is 0.380 e. The topological polar surface area (TPSA) is 34.0 Å². The van der Waals surface area contributed by atoms with Crippen LogP contribution in [0.25, 0.3) is 0 Å². The van der Waals surface area contributed by atoms with Crippen LogP contribution >= 0.6 is 11.6 Å². The number of hydrogen-bond acceptors (Lipinski definition) is 3. The van der Waals surface area contributed by atoms with Crippen molar-refractivity contribution in [1.82, 2.24) is 0 Å². The molecule has 0 fully saturated rings. The highest BCUT2D eigenvalue weighted by atomic mass is 35.5. The van der Waals surface area contributed by atoms with E-state index in [1.165, 1.54) is 0 Å². The van der Waals surface area contributed by atoms with Gasteiger partial charge in [-0.3, -0.25) is 0 Å². The molecule has 1 aromatic carbocycles. The van der Waals surface area contributed by atoms with Gasteiger partial charge in [0.2, 0.25) is 0 Å². The summed E-state index contributed by atoms with van der Waals surface area (Å²) < 4.78 is 0. The molecule has 0 aliphatic carbocycles. The Hall–Kier alpha value is -1.09. The molecular weight excluding hydrogens is 176 g/mol. The molecule has 1 rings (SSSR count). The van der Waals surface area contributed by atoms with Gasteiger partial charge in [-0.15, -0.1) is 5.11 Å². The first kappa shape index (κ1) is 9.00. The van der Waals surface area contributed by atoms with Crippen molar-refractivity contribution < 1.29 is 4.84 Å². The molecule has 1 aromatic rings. The van der Waals surface area contributed by atoms with Gasteiger partial charge in [0.15, 0.2) is 0 Å². The fourth-order valence-electron chi connectivity index (χ4n) is 0.642. The molecule has 0 aliphatic heterocycles. The van der Waals surface area contributed by atoms with E-state index in [4.69, 9.17) is 16.4 Å². The first-order chi connectivity index (χ1) is 5.83. The smallest absolute Gasteiger partial charge is 0.116 e. The zero-order valence-corrected chi connectivity index (χ0v) is 7.45. The van der Waals surface area contributed by atoms with Crippen LogP contribution in [0.4, 0.5) is 5.69 Å². The highest BCUT2D eigenvalue weighted by molar-refractivity contribution is 6.30. The molecule has 0 amide bonds. The quantitative estimate of drug-likeness (QED) is 0.524. The van der Waals surface area contributed by atoms with Crippen molar-refractivity contribution in [3.05, 3.63) is 29.3 Å². The summed E-state index contributed by atoms with van der Waals surface area (Å²) >= 11 is 5.67. The van der Waals surface area contributed by atoms with E-state index < -0.39 is 0 Å². The van der Waals surface area contributed by atoms with E-state index >= 15 is 0 Å². The van der Waals surface area contributed by atoms with Crippen LogP contribution in [0.1, 0.15) is 6.92 Å². The van der Waals surface area contributed by atoms with E-state index in [1.54, 1.807) is 24.3 Å². The molecule has 4 heteroatoms. The van der Waals surface area contributed by atoms with E-state index in [-0.39, 0.29) is 0 Å². The van der Waals surface area contributed by atoms with Gasteiger partial charge >= 0.3 is 0 Å². The van der Waals surface area contributed by atoms with Crippen molar-refractivity contribution in [3.63, 3.8) is 0 Å². The third-order valence-electron chi connectivity index (χ3n) is 1.17. The Balaban J connectivity index is 2.58. The third kappa shape index (κ3) is 2.88. The van der Waals surface area contributed by atoms with Crippen molar-refractivity contribution in [2.45, 2.75) is 6.92 Å². The van der Waals surface area contributed by atoms with Crippen molar-refractivity contribution in [2.75, 3.05) is 6.61 Å². The minimum Gasteiger partial charge on any atom is -0.380 e. The van der Waals surface area contributed by atoms with Gasteiger partial charge in [0.05, 0.1) is 5.69 Å². The number of halogens is 1. The van der Waals surface area contributed by atoms with Gasteiger partial charge in [-0.25, -0.2) is 0 Å². The minimum absolute atomic E-state index is 0.525. The molecule has 12 heavy (non-hydrogen) atoms. The first-order valence-electron chi connectivity index (χ1n) is 3.61. The molecule has 0 spiro atoms. The molecule has 0 atom stereocenters. The standard InChI is InChI=1S/C8H9ClN2O/c1-2-12-11-10-8-5-3-7(9)4-6-8/h3-6H,2H2,1H3. The zero-order chi connectivity index (χ0) is 8.81. The van der Waals surface area contributed by atoms with Crippen molar-refractivity contribution in [2.24, 2.45) is 10.4 Å². The van der Waals surface area contributed by atoms with Crippen LogP contribution < -0.4 is 0 Å². The Morgan fingerprint density at radius 3 is 2.58 bits per heavy atom. The number of hydrogen-bond donors (Lipinski definition) is 0. The van der Waals surface area contributed by atoms with E-state index in [9.17, 15) is 0 Å². The molecule has 3 nitrogen and oxygen atoms in total. The first-order valence-corrected chi connectivity index (χ1v) is 3.99. The molecule has 0 radical (unpaired) electrons. The molecular formula is C8H9ClN2O. The van der Waals surface area contributed by atoms with Crippen LogP contribution in [0.5, 0.6) is 0 Å². The maximum Gasteiger partial charge on any atom is 0.116 e. The lowest BCUT2D eigenvalue weighted by molar-refractivity contribution is 0.139. The van der Waals surface area contributed by atoms with Gasteiger partial charge in [0.25, 0.3) is 0 Å². The fraction of sp³-hybridized carbons (Fsp3) is 0.250. The van der Waals surface area contributed by atoms with Crippen LogP contribution in [0.2, 0.25) is 5.02 Å². The van der Waals surface area contributed by atoms with Crippen LogP contribution in [-0.4, -0.2) is 6.61 Å². The Labute approximate surface area is 76.0 Å². The summed E-state index contributed by atoms with van der Waals surface area (Å²) in [4.78, 5) is 4.69. The molecule has 0 aliphatic rings. The van der Waals surface area contributed by atoms with Gasteiger partial charge in [-0.1, -0.05) is 11.6 Å². The van der Waals surface area contributed by atoms with Gasteiger partial charge in [0, 0.05) is 10.3 Å². The van der Waals surface area contributed by atoms with Crippen molar-refractivity contribution >= 4 is 17.3 Å². The number of rotatable bonds is 3. The molecule has 0 heterocycles. The van der Waals surface area contributed by atoms with E-state index in [0.29, 0.717) is 11.6 Å². The predicted molar refractivity (Wildman–Crippen MR) is 47.6 cm³/mol. The fourth-order valence-corrected chi connectivity index (χ4v) is 0.767. The van der Waals surface area contributed by atoms with Crippen LogP contribution in [0.15, 0.2) is 34.7 Å². The number of nitrogens with zero attached hydrogens (tertiary/aromatic N) is 2. The van der Waals surface area contributed by atoms with E-state index in [1.807, 2.05) is 6.92 Å². The Morgan fingerprint density at radius 1 is 1.33 bits per heavy atom. The lowest BCUT2D eigenvalue weighted by Crippen LogP contribution is -1.74. The van der Waals surface area contributed by atoms with Crippen LogP contribution in [-0.2, 0) is 4.84 Å². The molecule has 0 aromatic heterocycles. The van der Waals surface area contributed by atoms with Crippen molar-refractivity contribution in [3.8, 4) is 0 Å². The maximum atomic E-state index is 5.67. The lowest BCUT2D eigenvalue weighted by Gasteiger charge is -1.91. The third-order valence-corrected chi connectivity index (χ3v) is 1.42. The summed E-state index contributed by atoms with van der Waals surface area (Å²) in [5.74, 6) is 0. The maximum absolute atomic E-state index is 5.67. The molecule has 0 bridgehead atoms. The summed E-state index contributed by atoms with van der Waals surface area (Å²) in [6.07, 6.45) is 0. The summed E-state index contributed by atoms with van der Waals surface area (Å²) in [5.41, 5.74) is 0.729. The minimum atomic E-state index is 0.525. The Kier molecular flexibility index (Phi) is 3.54. The van der Waals surface area contributed by atoms with E-state index in [0.717, 1.165) is 5.69 Å². The molecule has 0 N–H and O–H groups in total. The SMILES string of the molecule is CCON=Nc1ccc(Cl)cc1. The van der Waals surface area contributed by atoms with Gasteiger partial charge in [-0.05, 0) is 31.2 Å². The lowest BCUT2D eigenvalue weighted by atomic mass is 10.3. The average molecular weight is 185 g/mol. The average Bonchev–Trinajstić information content (AvgIpc) is 2.09. The van der Waals surface area contributed by atoms with Gasteiger partial charge < -0.3 is 4.84 Å². The zero-order valence-electron chi connectivity index (χ0n) is 6.70. The molecule has 0 saturated carbocycles. The summed E-state index contributed by atoms with van der Waals surface area (Å²) in [7, 11) is 0. The Morgan fingerprint density at radius 2 is 2.00 bits per heavy atom. The molecule has 64 valence electrons. The normalized spacial score (nSPS) is 10.5. The second-order valence-electron chi connectivity index (χ2n) is 2.08. The van der Waals surface area contributed by atoms with Crippen LogP contribution in [0.3, 0.4) is 0 Å². The highest BCUT2D eigenvalue weighted by Gasteiger charge is 1.88. The summed E-state index contributed by atoms with van der Waals surface area (Å²) in [6, 6.07) is 7.04. The Bertz CT molecular complexity index is 258. The highest BCUT2D eigenvalue weighted by Crippen LogP contribution is 2.16. The number of benzene rings is 1. The molecule has 0 unspecified atom stereocenters. The predicted octanol–water partition coefficient (Wildman–Crippen LogP) is 3.38. The second kappa shape index (κ2) is 4.72.